The maximum atomic E-state index is 6.15. The van der Waals surface area contributed by atoms with Gasteiger partial charge in [-0.1, -0.05) is 26.7 Å². The first-order valence-corrected chi connectivity index (χ1v) is 7.38. The average Bonchev–Trinajstić information content (AvgIpc) is 2.38. The predicted octanol–water partition coefficient (Wildman–Crippen LogP) is 2.50. The smallest absolute Gasteiger partial charge is 0.0615 e. The van der Waals surface area contributed by atoms with Crippen LogP contribution < -0.4 is 5.73 Å². The molecule has 3 unspecified atom stereocenters. The third kappa shape index (κ3) is 3.46. The van der Waals surface area contributed by atoms with Crippen LogP contribution in [0.25, 0.3) is 0 Å². The highest BCUT2D eigenvalue weighted by molar-refractivity contribution is 4.97. The first-order chi connectivity index (χ1) is 8.46. The summed E-state index contributed by atoms with van der Waals surface area (Å²) in [6.07, 6.45) is 5.15. The highest BCUT2D eigenvalue weighted by Crippen LogP contribution is 2.39. The van der Waals surface area contributed by atoms with E-state index in [4.69, 9.17) is 10.5 Å². The van der Waals surface area contributed by atoms with Crippen LogP contribution in [0.4, 0.5) is 0 Å². The summed E-state index contributed by atoms with van der Waals surface area (Å²) in [5, 5.41) is 0. The summed E-state index contributed by atoms with van der Waals surface area (Å²) in [6.45, 7) is 8.47. The molecule has 3 atom stereocenters. The van der Waals surface area contributed by atoms with Gasteiger partial charge in [-0.05, 0) is 38.6 Å². The van der Waals surface area contributed by atoms with Crippen molar-refractivity contribution >= 4 is 0 Å². The van der Waals surface area contributed by atoms with E-state index in [9.17, 15) is 0 Å². The molecule has 0 aromatic rings. The molecule has 2 N–H and O–H groups in total. The first-order valence-electron chi connectivity index (χ1n) is 7.38. The quantitative estimate of drug-likeness (QED) is 0.793. The number of methoxy groups -OCH3 is 1. The van der Waals surface area contributed by atoms with Gasteiger partial charge in [-0.15, -0.1) is 0 Å². The van der Waals surface area contributed by atoms with Crippen molar-refractivity contribution in [3.8, 4) is 0 Å². The van der Waals surface area contributed by atoms with Crippen LogP contribution in [0.5, 0.6) is 0 Å². The number of ether oxygens (including phenoxy) is 1. The van der Waals surface area contributed by atoms with Crippen LogP contribution in [0, 0.1) is 11.8 Å². The Labute approximate surface area is 113 Å². The van der Waals surface area contributed by atoms with Gasteiger partial charge in [0, 0.05) is 25.2 Å². The summed E-state index contributed by atoms with van der Waals surface area (Å²) in [5.41, 5.74) is 6.34. The lowest BCUT2D eigenvalue weighted by Gasteiger charge is -2.49. The van der Waals surface area contributed by atoms with Gasteiger partial charge in [0.25, 0.3) is 0 Å². The summed E-state index contributed by atoms with van der Waals surface area (Å²) in [4.78, 5) is 2.48. The normalized spacial score (nSPS) is 31.0. The molecule has 108 valence electrons. The van der Waals surface area contributed by atoms with Crippen molar-refractivity contribution in [3.05, 3.63) is 0 Å². The van der Waals surface area contributed by atoms with Gasteiger partial charge in [-0.2, -0.15) is 0 Å². The highest BCUT2D eigenvalue weighted by atomic mass is 16.5. The van der Waals surface area contributed by atoms with Gasteiger partial charge in [-0.3, -0.25) is 4.90 Å². The molecule has 1 saturated carbocycles. The van der Waals surface area contributed by atoms with E-state index in [1.54, 1.807) is 7.11 Å². The highest BCUT2D eigenvalue weighted by Gasteiger charge is 2.40. The molecule has 0 radical (unpaired) electrons. The molecule has 3 heteroatoms. The lowest BCUT2D eigenvalue weighted by atomic mass is 9.70. The van der Waals surface area contributed by atoms with Crippen LogP contribution in [0.1, 0.15) is 46.5 Å². The second-order valence-corrected chi connectivity index (χ2v) is 6.44. The lowest BCUT2D eigenvalue weighted by Crippen LogP contribution is -2.58. The van der Waals surface area contributed by atoms with Crippen molar-refractivity contribution in [1.29, 1.82) is 0 Å². The zero-order valence-electron chi connectivity index (χ0n) is 12.9. The van der Waals surface area contributed by atoms with Gasteiger partial charge in [-0.25, -0.2) is 0 Å². The van der Waals surface area contributed by atoms with Crippen LogP contribution >= 0.6 is 0 Å². The minimum Gasteiger partial charge on any atom is -0.383 e. The van der Waals surface area contributed by atoms with E-state index in [0.29, 0.717) is 6.04 Å². The average molecular weight is 256 g/mol. The predicted molar refractivity (Wildman–Crippen MR) is 77.7 cm³/mol. The van der Waals surface area contributed by atoms with E-state index >= 15 is 0 Å². The third-order valence-electron chi connectivity index (χ3n) is 5.00. The molecule has 0 heterocycles. The Morgan fingerprint density at radius 3 is 2.56 bits per heavy atom. The lowest BCUT2D eigenvalue weighted by molar-refractivity contribution is -0.00438. The van der Waals surface area contributed by atoms with E-state index in [2.05, 4.69) is 32.7 Å². The van der Waals surface area contributed by atoms with Crippen molar-refractivity contribution in [1.82, 2.24) is 4.90 Å². The molecular formula is C15H32N2O. The molecule has 0 amide bonds. The summed E-state index contributed by atoms with van der Waals surface area (Å²) in [5.74, 6) is 1.59. The van der Waals surface area contributed by atoms with Crippen molar-refractivity contribution in [2.24, 2.45) is 17.6 Å². The van der Waals surface area contributed by atoms with E-state index in [0.717, 1.165) is 25.0 Å². The maximum Gasteiger partial charge on any atom is 0.0615 e. The fourth-order valence-corrected chi connectivity index (χ4v) is 3.42. The fourth-order valence-electron chi connectivity index (χ4n) is 3.42. The Kier molecular flexibility index (Phi) is 6.09. The summed E-state index contributed by atoms with van der Waals surface area (Å²) in [7, 11) is 4.00. The van der Waals surface area contributed by atoms with Crippen LogP contribution in [-0.2, 0) is 4.74 Å². The van der Waals surface area contributed by atoms with Crippen molar-refractivity contribution < 1.29 is 4.74 Å². The number of rotatable bonds is 6. The van der Waals surface area contributed by atoms with E-state index in [-0.39, 0.29) is 5.54 Å². The molecule has 1 rings (SSSR count). The fraction of sp³-hybridized carbons (Fsp3) is 1.00. The second-order valence-electron chi connectivity index (χ2n) is 6.44. The van der Waals surface area contributed by atoms with Crippen molar-refractivity contribution in [2.45, 2.75) is 58.0 Å². The Balaban J connectivity index is 2.77. The minimum atomic E-state index is 0.186. The zero-order chi connectivity index (χ0) is 13.8. The van der Waals surface area contributed by atoms with Crippen LogP contribution in [0.2, 0.25) is 0 Å². The zero-order valence-corrected chi connectivity index (χ0v) is 12.9. The number of likely N-dealkylation sites (N-methyl/N-ethyl adjacent to an activating group) is 1. The molecule has 0 saturated heterocycles. The molecule has 3 nitrogen and oxygen atoms in total. The molecule has 0 aromatic carbocycles. The van der Waals surface area contributed by atoms with Crippen LogP contribution in [-0.4, -0.2) is 43.8 Å². The van der Waals surface area contributed by atoms with Crippen LogP contribution in [0.15, 0.2) is 0 Å². The third-order valence-corrected chi connectivity index (χ3v) is 5.00. The van der Waals surface area contributed by atoms with Crippen LogP contribution in [0.3, 0.4) is 0 Å². The molecule has 1 aliphatic rings. The summed E-state index contributed by atoms with van der Waals surface area (Å²) < 4.78 is 5.30. The standard InChI is InChI=1S/C15H32N2O/c1-12(2)14-7-6-8-15(9-14,11-16)17(4)13(3)10-18-5/h12-14H,6-11,16H2,1-5H3. The minimum absolute atomic E-state index is 0.186. The van der Waals surface area contributed by atoms with Gasteiger partial charge in [0.1, 0.15) is 0 Å². The number of nitrogens with zero attached hydrogens (tertiary/aromatic N) is 1. The molecular weight excluding hydrogens is 224 g/mol. The van der Waals surface area contributed by atoms with E-state index < -0.39 is 0 Å². The van der Waals surface area contributed by atoms with Gasteiger partial charge < -0.3 is 10.5 Å². The molecule has 0 bridgehead atoms. The number of hydrogen-bond donors (Lipinski definition) is 1. The van der Waals surface area contributed by atoms with E-state index in [1.165, 1.54) is 25.7 Å². The monoisotopic (exact) mass is 256 g/mol. The summed E-state index contributed by atoms with van der Waals surface area (Å²) in [6, 6.07) is 0.435. The second kappa shape index (κ2) is 6.88. The molecule has 18 heavy (non-hydrogen) atoms. The molecule has 1 aliphatic carbocycles. The summed E-state index contributed by atoms with van der Waals surface area (Å²) >= 11 is 0. The number of nitrogens with two attached hydrogens (primary N) is 1. The van der Waals surface area contributed by atoms with Gasteiger partial charge in [0.15, 0.2) is 0 Å². The van der Waals surface area contributed by atoms with Gasteiger partial charge >= 0.3 is 0 Å². The SMILES string of the molecule is COCC(C)N(C)C1(CN)CCCC(C(C)C)C1. The van der Waals surface area contributed by atoms with Crippen molar-refractivity contribution in [2.75, 3.05) is 27.3 Å². The van der Waals surface area contributed by atoms with Gasteiger partial charge in [0.2, 0.25) is 0 Å². The Hall–Kier alpha value is -0.120. The molecule has 1 fully saturated rings. The molecule has 0 aromatic heterocycles. The van der Waals surface area contributed by atoms with Crippen molar-refractivity contribution in [3.63, 3.8) is 0 Å². The Morgan fingerprint density at radius 2 is 2.06 bits per heavy atom. The largest absolute Gasteiger partial charge is 0.383 e. The van der Waals surface area contributed by atoms with Gasteiger partial charge in [0.05, 0.1) is 6.61 Å². The first kappa shape index (κ1) is 15.9. The van der Waals surface area contributed by atoms with E-state index in [1.807, 2.05) is 0 Å². The molecule has 0 aliphatic heterocycles. The number of hydrogen-bond acceptors (Lipinski definition) is 3. The molecule has 0 spiro atoms. The Morgan fingerprint density at radius 1 is 1.39 bits per heavy atom. The Bertz CT molecular complexity index is 245. The topological polar surface area (TPSA) is 38.5 Å². The maximum absolute atomic E-state index is 6.15.